The molecule has 5 heteroatoms. The van der Waals surface area contributed by atoms with E-state index in [2.05, 4.69) is 0 Å². The van der Waals surface area contributed by atoms with Crippen LogP contribution in [0, 0.1) is 5.82 Å². The third-order valence-corrected chi connectivity index (χ3v) is 2.48. The Morgan fingerprint density at radius 2 is 2.13 bits per heavy atom. The van der Waals surface area contributed by atoms with Crippen LogP contribution in [0.5, 0.6) is 0 Å². The standard InChI is InChI=1S/C10H12FN3O/c11-8-3-6(10(13)15)1-2-9(8)14-4-7(12)5-14/h1-3,7H,4-5,12H2,(H2,13,15). The lowest BCUT2D eigenvalue weighted by Gasteiger charge is -2.38. The molecule has 1 saturated heterocycles. The van der Waals surface area contributed by atoms with E-state index in [1.165, 1.54) is 6.07 Å². The van der Waals surface area contributed by atoms with E-state index in [4.69, 9.17) is 11.5 Å². The predicted molar refractivity (Wildman–Crippen MR) is 55.1 cm³/mol. The molecule has 1 aromatic carbocycles. The normalized spacial score (nSPS) is 16.3. The van der Waals surface area contributed by atoms with Gasteiger partial charge in [-0.05, 0) is 18.2 Å². The average molecular weight is 209 g/mol. The number of benzene rings is 1. The second kappa shape index (κ2) is 3.51. The van der Waals surface area contributed by atoms with Gasteiger partial charge < -0.3 is 16.4 Å². The minimum absolute atomic E-state index is 0.111. The van der Waals surface area contributed by atoms with Gasteiger partial charge in [0.05, 0.1) is 5.69 Å². The molecule has 1 aliphatic heterocycles. The van der Waals surface area contributed by atoms with Gasteiger partial charge in [-0.1, -0.05) is 0 Å². The predicted octanol–water partition coefficient (Wildman–Crippen LogP) is 0.0719. The Balaban J connectivity index is 2.23. The highest BCUT2D eigenvalue weighted by atomic mass is 19.1. The Labute approximate surface area is 86.7 Å². The van der Waals surface area contributed by atoms with Gasteiger partial charge in [-0.3, -0.25) is 4.79 Å². The van der Waals surface area contributed by atoms with Gasteiger partial charge in [0.1, 0.15) is 5.82 Å². The van der Waals surface area contributed by atoms with Crippen LogP contribution in [0.3, 0.4) is 0 Å². The van der Waals surface area contributed by atoms with Crippen molar-refractivity contribution in [2.24, 2.45) is 11.5 Å². The first-order chi connectivity index (χ1) is 7.08. The summed E-state index contributed by atoms with van der Waals surface area (Å²) >= 11 is 0. The van der Waals surface area contributed by atoms with Crippen molar-refractivity contribution in [3.05, 3.63) is 29.6 Å². The molecule has 0 saturated carbocycles. The van der Waals surface area contributed by atoms with E-state index >= 15 is 0 Å². The number of rotatable bonds is 2. The summed E-state index contributed by atoms with van der Waals surface area (Å²) in [5.74, 6) is -1.06. The second-order valence-corrected chi connectivity index (χ2v) is 3.70. The first-order valence-corrected chi connectivity index (χ1v) is 4.68. The molecule has 0 bridgehead atoms. The molecule has 1 amide bonds. The number of primary amides is 1. The fourth-order valence-electron chi connectivity index (χ4n) is 1.63. The average Bonchev–Trinajstić information content (AvgIpc) is 2.13. The molecule has 0 aromatic heterocycles. The third-order valence-electron chi connectivity index (χ3n) is 2.48. The lowest BCUT2D eigenvalue weighted by Crippen LogP contribution is -2.56. The summed E-state index contributed by atoms with van der Waals surface area (Å²) in [7, 11) is 0. The molecule has 4 N–H and O–H groups in total. The fourth-order valence-corrected chi connectivity index (χ4v) is 1.63. The Bertz CT molecular complexity index is 402. The number of anilines is 1. The Hall–Kier alpha value is -1.62. The van der Waals surface area contributed by atoms with Gasteiger partial charge >= 0.3 is 0 Å². The molecular formula is C10H12FN3O. The van der Waals surface area contributed by atoms with Crippen molar-refractivity contribution in [3.63, 3.8) is 0 Å². The molecule has 80 valence electrons. The molecule has 0 spiro atoms. The molecule has 0 unspecified atom stereocenters. The molecule has 1 fully saturated rings. The van der Waals surface area contributed by atoms with Gasteiger partial charge in [-0.2, -0.15) is 0 Å². The van der Waals surface area contributed by atoms with Crippen molar-refractivity contribution in [3.8, 4) is 0 Å². The van der Waals surface area contributed by atoms with E-state index in [0.717, 1.165) is 6.07 Å². The number of nitrogens with two attached hydrogens (primary N) is 2. The second-order valence-electron chi connectivity index (χ2n) is 3.70. The van der Waals surface area contributed by atoms with E-state index in [1.807, 2.05) is 4.90 Å². The molecular weight excluding hydrogens is 197 g/mol. The first-order valence-electron chi connectivity index (χ1n) is 4.68. The monoisotopic (exact) mass is 209 g/mol. The summed E-state index contributed by atoms with van der Waals surface area (Å²) in [5, 5.41) is 0. The van der Waals surface area contributed by atoms with Crippen LogP contribution >= 0.6 is 0 Å². The highest BCUT2D eigenvalue weighted by molar-refractivity contribution is 5.93. The topological polar surface area (TPSA) is 72.4 Å². The van der Waals surface area contributed by atoms with Gasteiger partial charge in [0.25, 0.3) is 0 Å². The summed E-state index contributed by atoms with van der Waals surface area (Å²) < 4.78 is 13.5. The van der Waals surface area contributed by atoms with E-state index in [-0.39, 0.29) is 11.6 Å². The van der Waals surface area contributed by atoms with Gasteiger partial charge in [0.2, 0.25) is 5.91 Å². The van der Waals surface area contributed by atoms with Crippen molar-refractivity contribution >= 4 is 11.6 Å². The maximum absolute atomic E-state index is 13.5. The lowest BCUT2D eigenvalue weighted by molar-refractivity contribution is 0.1000. The molecule has 15 heavy (non-hydrogen) atoms. The number of hydrogen-bond acceptors (Lipinski definition) is 3. The largest absolute Gasteiger partial charge is 0.366 e. The summed E-state index contributed by atoms with van der Waals surface area (Å²) in [4.78, 5) is 12.6. The maximum Gasteiger partial charge on any atom is 0.248 e. The smallest absolute Gasteiger partial charge is 0.248 e. The number of nitrogens with zero attached hydrogens (tertiary/aromatic N) is 1. The maximum atomic E-state index is 13.5. The summed E-state index contributed by atoms with van der Waals surface area (Å²) in [5.41, 5.74) is 11.3. The quantitative estimate of drug-likeness (QED) is 0.724. The van der Waals surface area contributed by atoms with Gasteiger partial charge in [0, 0.05) is 24.7 Å². The minimum Gasteiger partial charge on any atom is -0.366 e. The van der Waals surface area contributed by atoms with Crippen LogP contribution in [0.15, 0.2) is 18.2 Å². The van der Waals surface area contributed by atoms with E-state index in [9.17, 15) is 9.18 Å². The van der Waals surface area contributed by atoms with Gasteiger partial charge in [-0.25, -0.2) is 4.39 Å². The molecule has 1 heterocycles. The van der Waals surface area contributed by atoms with E-state index < -0.39 is 11.7 Å². The summed E-state index contributed by atoms with van der Waals surface area (Å²) in [6, 6.07) is 4.34. The van der Waals surface area contributed by atoms with Crippen LogP contribution in [0.25, 0.3) is 0 Å². The van der Waals surface area contributed by atoms with Crippen LogP contribution in [0.1, 0.15) is 10.4 Å². The zero-order valence-electron chi connectivity index (χ0n) is 8.11. The molecule has 1 aromatic rings. The molecule has 0 aliphatic carbocycles. The van der Waals surface area contributed by atoms with Crippen molar-refractivity contribution in [1.82, 2.24) is 0 Å². The first kappa shape index (κ1) is 9.92. The number of hydrogen-bond donors (Lipinski definition) is 2. The lowest BCUT2D eigenvalue weighted by atomic mass is 10.1. The highest BCUT2D eigenvalue weighted by Gasteiger charge is 2.25. The SMILES string of the molecule is NC(=O)c1ccc(N2CC(N)C2)c(F)c1. The molecule has 0 radical (unpaired) electrons. The summed E-state index contributed by atoms with van der Waals surface area (Å²) in [6.07, 6.45) is 0. The molecule has 1 aliphatic rings. The van der Waals surface area contributed by atoms with Crippen molar-refractivity contribution in [2.75, 3.05) is 18.0 Å². The minimum atomic E-state index is -0.624. The molecule has 4 nitrogen and oxygen atoms in total. The van der Waals surface area contributed by atoms with Crippen molar-refractivity contribution in [2.45, 2.75) is 6.04 Å². The summed E-state index contributed by atoms with van der Waals surface area (Å²) in [6.45, 7) is 1.29. The third kappa shape index (κ3) is 1.78. The Morgan fingerprint density at radius 1 is 1.47 bits per heavy atom. The van der Waals surface area contributed by atoms with Crippen LogP contribution in [0.4, 0.5) is 10.1 Å². The van der Waals surface area contributed by atoms with Crippen LogP contribution in [0.2, 0.25) is 0 Å². The zero-order valence-corrected chi connectivity index (χ0v) is 8.11. The van der Waals surface area contributed by atoms with Crippen molar-refractivity contribution in [1.29, 1.82) is 0 Å². The van der Waals surface area contributed by atoms with Crippen molar-refractivity contribution < 1.29 is 9.18 Å². The van der Waals surface area contributed by atoms with E-state index in [1.54, 1.807) is 6.07 Å². The van der Waals surface area contributed by atoms with Crippen LogP contribution in [-0.4, -0.2) is 25.0 Å². The van der Waals surface area contributed by atoms with Gasteiger partial charge in [-0.15, -0.1) is 0 Å². The van der Waals surface area contributed by atoms with Crippen LogP contribution in [-0.2, 0) is 0 Å². The van der Waals surface area contributed by atoms with E-state index in [0.29, 0.717) is 18.8 Å². The fraction of sp³-hybridized carbons (Fsp3) is 0.300. The molecule has 0 atom stereocenters. The number of halogens is 1. The number of carbonyl (C=O) groups is 1. The molecule has 2 rings (SSSR count). The Morgan fingerprint density at radius 3 is 2.60 bits per heavy atom. The number of amides is 1. The Kier molecular flexibility index (Phi) is 2.32. The van der Waals surface area contributed by atoms with Crippen LogP contribution < -0.4 is 16.4 Å². The van der Waals surface area contributed by atoms with Gasteiger partial charge in [0.15, 0.2) is 0 Å². The zero-order chi connectivity index (χ0) is 11.0. The number of carbonyl (C=O) groups excluding carboxylic acids is 1. The highest BCUT2D eigenvalue weighted by Crippen LogP contribution is 2.24.